The third-order valence-electron chi connectivity index (χ3n) is 5.94. The van der Waals surface area contributed by atoms with Gasteiger partial charge in [0.15, 0.2) is 12.6 Å². The maximum absolute atomic E-state index is 12.3. The number of carbonyl (C=O) groups excluding carboxylic acids is 1. The Labute approximate surface area is 206 Å². The van der Waals surface area contributed by atoms with Gasteiger partial charge in [0.25, 0.3) is 5.91 Å². The van der Waals surface area contributed by atoms with E-state index < -0.39 is 0 Å². The van der Waals surface area contributed by atoms with Crippen LogP contribution in [-0.4, -0.2) is 63.7 Å². The van der Waals surface area contributed by atoms with E-state index in [-0.39, 0.29) is 36.5 Å². The molecular formula is C24H31IN4O3. The van der Waals surface area contributed by atoms with Crippen LogP contribution in [-0.2, 0) is 4.79 Å². The molecule has 2 aliphatic rings. The predicted octanol–water partition coefficient (Wildman–Crippen LogP) is 3.49. The number of carbonyl (C=O) groups is 1. The molecule has 172 valence electrons. The molecule has 7 nitrogen and oxygen atoms in total. The average Bonchev–Trinajstić information content (AvgIpc) is 3.30. The minimum absolute atomic E-state index is 0. The minimum atomic E-state index is 0. The lowest BCUT2D eigenvalue weighted by atomic mass is 9.98. The van der Waals surface area contributed by atoms with Gasteiger partial charge in [0.05, 0.1) is 12.8 Å². The van der Waals surface area contributed by atoms with Crippen LogP contribution < -0.4 is 19.7 Å². The van der Waals surface area contributed by atoms with Crippen molar-refractivity contribution in [1.29, 1.82) is 0 Å². The molecule has 0 radical (unpaired) electrons. The topological polar surface area (TPSA) is 66.4 Å². The molecular weight excluding hydrogens is 519 g/mol. The molecule has 4 rings (SSSR count). The summed E-state index contributed by atoms with van der Waals surface area (Å²) in [7, 11) is 3.51. The minimum Gasteiger partial charge on any atom is -0.497 e. The summed E-state index contributed by atoms with van der Waals surface area (Å²) >= 11 is 0. The van der Waals surface area contributed by atoms with Crippen molar-refractivity contribution in [2.45, 2.75) is 18.8 Å². The molecule has 0 aromatic heterocycles. The summed E-state index contributed by atoms with van der Waals surface area (Å²) in [4.78, 5) is 20.9. The molecule has 8 heteroatoms. The van der Waals surface area contributed by atoms with Gasteiger partial charge in [-0.05, 0) is 42.7 Å². The molecule has 1 N–H and O–H groups in total. The van der Waals surface area contributed by atoms with E-state index in [1.807, 2.05) is 48.3 Å². The molecule has 2 aliphatic heterocycles. The fraction of sp³-hybridized carbons (Fsp3) is 0.417. The first-order chi connectivity index (χ1) is 15.2. The molecule has 0 bridgehead atoms. The largest absolute Gasteiger partial charge is 0.497 e. The highest BCUT2D eigenvalue weighted by molar-refractivity contribution is 14.0. The number of likely N-dealkylation sites (tertiary alicyclic amines) is 1. The summed E-state index contributed by atoms with van der Waals surface area (Å²) in [5.41, 5.74) is 2.19. The van der Waals surface area contributed by atoms with Gasteiger partial charge in [-0.3, -0.25) is 9.79 Å². The normalized spacial score (nSPS) is 18.0. The van der Waals surface area contributed by atoms with Crippen LogP contribution in [0.2, 0.25) is 0 Å². The van der Waals surface area contributed by atoms with Crippen LogP contribution in [0.5, 0.6) is 11.5 Å². The summed E-state index contributed by atoms with van der Waals surface area (Å²) in [6.07, 6.45) is 1.93. The molecule has 1 amide bonds. The number of aliphatic imine (C=N–C) groups is 1. The lowest BCUT2D eigenvalue weighted by molar-refractivity contribution is -0.121. The molecule has 2 aromatic rings. The maximum Gasteiger partial charge on any atom is 0.265 e. The van der Waals surface area contributed by atoms with Gasteiger partial charge < -0.3 is 24.6 Å². The number of halogens is 1. The Kier molecular flexibility index (Phi) is 8.60. The van der Waals surface area contributed by atoms with E-state index in [9.17, 15) is 4.79 Å². The fourth-order valence-corrected chi connectivity index (χ4v) is 4.27. The van der Waals surface area contributed by atoms with E-state index in [0.717, 1.165) is 55.6 Å². The number of nitrogens with zero attached hydrogens (tertiary/aromatic N) is 3. The number of fused-ring (bicyclic) bond motifs is 1. The zero-order valence-electron chi connectivity index (χ0n) is 18.6. The van der Waals surface area contributed by atoms with E-state index in [2.05, 4.69) is 27.3 Å². The number of para-hydroxylation sites is 2. The van der Waals surface area contributed by atoms with Crippen LogP contribution in [0, 0.1) is 0 Å². The molecule has 1 atom stereocenters. The van der Waals surface area contributed by atoms with Gasteiger partial charge in [-0.25, -0.2) is 0 Å². The molecule has 1 unspecified atom stereocenters. The third-order valence-corrected chi connectivity index (χ3v) is 5.94. The van der Waals surface area contributed by atoms with Crippen molar-refractivity contribution in [1.82, 2.24) is 10.2 Å². The quantitative estimate of drug-likeness (QED) is 0.258. The lowest BCUT2D eigenvalue weighted by Gasteiger charge is -2.29. The summed E-state index contributed by atoms with van der Waals surface area (Å²) < 4.78 is 10.8. The van der Waals surface area contributed by atoms with Gasteiger partial charge in [-0.1, -0.05) is 24.3 Å². The molecule has 2 aromatic carbocycles. The molecule has 2 heterocycles. The Balaban J connectivity index is 0.00000289. The van der Waals surface area contributed by atoms with E-state index in [4.69, 9.17) is 9.47 Å². The highest BCUT2D eigenvalue weighted by Crippen LogP contribution is 2.31. The number of hydrogen-bond donors (Lipinski definition) is 1. The smallest absolute Gasteiger partial charge is 0.265 e. The summed E-state index contributed by atoms with van der Waals surface area (Å²) in [6, 6.07) is 16.0. The first-order valence-corrected chi connectivity index (χ1v) is 10.8. The Morgan fingerprint density at radius 3 is 2.75 bits per heavy atom. The Morgan fingerprint density at radius 2 is 2.00 bits per heavy atom. The second kappa shape index (κ2) is 11.4. The van der Waals surface area contributed by atoms with E-state index >= 15 is 0 Å². The lowest BCUT2D eigenvalue weighted by Crippen LogP contribution is -2.43. The highest BCUT2D eigenvalue weighted by Gasteiger charge is 2.27. The van der Waals surface area contributed by atoms with Crippen LogP contribution in [0.25, 0.3) is 0 Å². The first kappa shape index (κ1) is 24.2. The Morgan fingerprint density at radius 1 is 1.22 bits per heavy atom. The number of rotatable bonds is 6. The van der Waals surface area contributed by atoms with Gasteiger partial charge in [0, 0.05) is 39.1 Å². The number of guanidine groups is 1. The standard InChI is InChI=1S/C24H30N4O3.HI/c1-25-24(27-15-12-19(16-27)18-8-10-20(30-2)11-9-18)26-13-5-14-28-21-6-3-4-7-22(21)31-17-23(28)29;/h3-4,6-11,19H,5,12-17H2,1-2H3,(H,25,26);1H. The number of nitrogens with one attached hydrogen (secondary N) is 1. The maximum atomic E-state index is 12.3. The zero-order valence-corrected chi connectivity index (χ0v) is 21.0. The van der Waals surface area contributed by atoms with E-state index in [0.29, 0.717) is 12.5 Å². The van der Waals surface area contributed by atoms with Crippen LogP contribution in [0.15, 0.2) is 53.5 Å². The predicted molar refractivity (Wildman–Crippen MR) is 138 cm³/mol. The molecule has 1 fully saturated rings. The Bertz CT molecular complexity index is 935. The van der Waals surface area contributed by atoms with Crippen LogP contribution >= 0.6 is 24.0 Å². The summed E-state index contributed by atoms with van der Waals surface area (Å²) in [5.74, 6) is 3.08. The number of benzene rings is 2. The average molecular weight is 550 g/mol. The van der Waals surface area contributed by atoms with E-state index in [1.54, 1.807) is 7.11 Å². The van der Waals surface area contributed by atoms with Crippen LogP contribution in [0.4, 0.5) is 5.69 Å². The van der Waals surface area contributed by atoms with Gasteiger partial charge >= 0.3 is 0 Å². The first-order valence-electron chi connectivity index (χ1n) is 10.8. The van der Waals surface area contributed by atoms with Gasteiger partial charge in [-0.15, -0.1) is 24.0 Å². The highest BCUT2D eigenvalue weighted by atomic mass is 127. The number of methoxy groups -OCH3 is 1. The zero-order chi connectivity index (χ0) is 21.6. The molecule has 0 aliphatic carbocycles. The van der Waals surface area contributed by atoms with Crippen molar-refractivity contribution in [3.63, 3.8) is 0 Å². The second-order valence-corrected chi connectivity index (χ2v) is 7.83. The van der Waals surface area contributed by atoms with E-state index in [1.165, 1.54) is 5.56 Å². The second-order valence-electron chi connectivity index (χ2n) is 7.83. The number of ether oxygens (including phenoxy) is 2. The van der Waals surface area contributed by atoms with Crippen molar-refractivity contribution < 1.29 is 14.3 Å². The van der Waals surface area contributed by atoms with Crippen molar-refractivity contribution in [3.05, 3.63) is 54.1 Å². The number of amides is 1. The Hall–Kier alpha value is -2.49. The summed E-state index contributed by atoms with van der Waals surface area (Å²) in [6.45, 7) is 3.43. The SMILES string of the molecule is CN=C(NCCCN1C(=O)COc2ccccc21)N1CCC(c2ccc(OC)cc2)C1.I. The van der Waals surface area contributed by atoms with Crippen molar-refractivity contribution in [2.24, 2.45) is 4.99 Å². The molecule has 0 spiro atoms. The fourth-order valence-electron chi connectivity index (χ4n) is 4.27. The van der Waals surface area contributed by atoms with Crippen molar-refractivity contribution >= 4 is 41.5 Å². The molecule has 32 heavy (non-hydrogen) atoms. The molecule has 0 saturated carbocycles. The van der Waals surface area contributed by atoms with Gasteiger partial charge in [0.2, 0.25) is 0 Å². The van der Waals surface area contributed by atoms with Crippen molar-refractivity contribution in [3.8, 4) is 11.5 Å². The monoisotopic (exact) mass is 550 g/mol. The van der Waals surface area contributed by atoms with Crippen molar-refractivity contribution in [2.75, 3.05) is 51.8 Å². The number of anilines is 1. The molecule has 1 saturated heterocycles. The van der Waals surface area contributed by atoms with Gasteiger partial charge in [0.1, 0.15) is 11.5 Å². The number of hydrogen-bond acceptors (Lipinski definition) is 4. The van der Waals surface area contributed by atoms with Gasteiger partial charge in [-0.2, -0.15) is 0 Å². The third kappa shape index (κ3) is 5.46. The summed E-state index contributed by atoms with van der Waals surface area (Å²) in [5, 5.41) is 3.47. The van der Waals surface area contributed by atoms with Crippen LogP contribution in [0.3, 0.4) is 0 Å². The van der Waals surface area contributed by atoms with Crippen LogP contribution in [0.1, 0.15) is 24.3 Å².